The molecule has 0 fully saturated rings. The minimum absolute atomic E-state index is 0.124. The molecule has 4 nitrogen and oxygen atoms in total. The average Bonchev–Trinajstić information content (AvgIpc) is 3.06. The second-order valence-electron chi connectivity index (χ2n) is 5.72. The number of hydrogen-bond acceptors (Lipinski definition) is 5. The summed E-state index contributed by atoms with van der Waals surface area (Å²) in [6.45, 7) is 8.03. The molecule has 0 aliphatic rings. The molecule has 26 heavy (non-hydrogen) atoms. The highest BCUT2D eigenvalue weighted by molar-refractivity contribution is 8.24. The molecule has 0 atom stereocenters. The van der Waals surface area contributed by atoms with E-state index in [4.69, 9.17) is 16.6 Å². The molecule has 2 aromatic rings. The summed E-state index contributed by atoms with van der Waals surface area (Å²) in [5.74, 6) is 1.32. The molecule has 1 heterocycles. The van der Waals surface area contributed by atoms with Gasteiger partial charge in [0.1, 0.15) is 11.5 Å². The van der Waals surface area contributed by atoms with Crippen LogP contribution in [0.15, 0.2) is 45.7 Å². The summed E-state index contributed by atoms with van der Waals surface area (Å²) in [6, 6.07) is 11.7. The number of amides is 1. The zero-order valence-corrected chi connectivity index (χ0v) is 17.2. The molecule has 0 unspecified atom stereocenters. The van der Waals surface area contributed by atoms with Gasteiger partial charge in [0, 0.05) is 42.3 Å². The van der Waals surface area contributed by atoms with E-state index in [-0.39, 0.29) is 5.91 Å². The number of thiocarbonyl (C=S) groups is 1. The van der Waals surface area contributed by atoms with Gasteiger partial charge in [0.05, 0.1) is 4.91 Å². The Kier molecular flexibility index (Phi) is 7.48. The van der Waals surface area contributed by atoms with Crippen LogP contribution in [0.3, 0.4) is 0 Å². The molecule has 6 heteroatoms. The molecule has 1 aromatic heterocycles. The van der Waals surface area contributed by atoms with Crippen LogP contribution in [0, 0.1) is 6.92 Å². The van der Waals surface area contributed by atoms with Crippen molar-refractivity contribution in [1.82, 2.24) is 0 Å². The van der Waals surface area contributed by atoms with Crippen LogP contribution in [-0.2, 0) is 4.79 Å². The Bertz CT molecular complexity index is 777. The number of nitrogens with zero attached hydrogens (tertiary/aromatic N) is 2. The maximum atomic E-state index is 12.9. The second-order valence-corrected chi connectivity index (χ2v) is 7.17. The molecule has 0 aliphatic carbocycles. The first-order valence-corrected chi connectivity index (χ1v) is 9.86. The van der Waals surface area contributed by atoms with Gasteiger partial charge in [0.15, 0.2) is 0 Å². The Balaban J connectivity index is 2.22. The van der Waals surface area contributed by atoms with Gasteiger partial charge < -0.3 is 14.2 Å². The van der Waals surface area contributed by atoms with Crippen molar-refractivity contribution in [3.63, 3.8) is 0 Å². The van der Waals surface area contributed by atoms with Crippen molar-refractivity contribution in [2.45, 2.75) is 20.8 Å². The molecule has 0 N–H and O–H groups in total. The van der Waals surface area contributed by atoms with E-state index >= 15 is 0 Å². The Hall–Kier alpha value is -2.05. The number of anilines is 2. The normalized spacial score (nSPS) is 11.3. The minimum atomic E-state index is -0.124. The fraction of sp³-hybridized carbons (Fsp3) is 0.300. The van der Waals surface area contributed by atoms with E-state index in [1.54, 1.807) is 18.0 Å². The third-order valence-corrected chi connectivity index (χ3v) is 5.02. The summed E-state index contributed by atoms with van der Waals surface area (Å²) in [5.41, 5.74) is 1.98. The third-order valence-electron chi connectivity index (χ3n) is 4.09. The van der Waals surface area contributed by atoms with Gasteiger partial charge in [-0.3, -0.25) is 4.79 Å². The van der Waals surface area contributed by atoms with Crippen molar-refractivity contribution in [2.75, 3.05) is 29.9 Å². The molecule has 0 spiro atoms. The highest BCUT2D eigenvalue weighted by Crippen LogP contribution is 2.25. The summed E-state index contributed by atoms with van der Waals surface area (Å²) in [5, 5.41) is 0. The van der Waals surface area contributed by atoms with Crippen LogP contribution in [0.5, 0.6) is 0 Å². The predicted molar refractivity (Wildman–Crippen MR) is 116 cm³/mol. The van der Waals surface area contributed by atoms with Gasteiger partial charge in [0.2, 0.25) is 0 Å². The number of rotatable bonds is 8. The van der Waals surface area contributed by atoms with E-state index < -0.39 is 0 Å². The number of aryl methyl sites for hydroxylation is 1. The van der Waals surface area contributed by atoms with Gasteiger partial charge in [-0.25, -0.2) is 0 Å². The summed E-state index contributed by atoms with van der Waals surface area (Å²) in [4.78, 5) is 17.3. The SMILES string of the molecule is CCN(CC)c1ccc(N(C)C(=O)/C(=C/c2ccc(C)o2)SC=S)cc1. The molecule has 0 saturated carbocycles. The number of furan rings is 1. The molecule has 0 aliphatic heterocycles. The molecular weight excluding hydrogens is 364 g/mol. The van der Waals surface area contributed by atoms with E-state index in [0.29, 0.717) is 10.7 Å². The number of likely N-dealkylation sites (N-methyl/N-ethyl adjacent to an activating group) is 1. The number of benzene rings is 1. The number of hydrogen-bond donors (Lipinski definition) is 0. The van der Waals surface area contributed by atoms with Gasteiger partial charge in [-0.05, 0) is 57.2 Å². The van der Waals surface area contributed by atoms with Crippen LogP contribution in [0.2, 0.25) is 0 Å². The zero-order chi connectivity index (χ0) is 19.1. The van der Waals surface area contributed by atoms with E-state index in [0.717, 1.165) is 30.2 Å². The van der Waals surface area contributed by atoms with Crippen LogP contribution >= 0.6 is 24.0 Å². The fourth-order valence-electron chi connectivity index (χ4n) is 2.62. The number of carbonyl (C=O) groups is 1. The molecule has 0 saturated heterocycles. The topological polar surface area (TPSA) is 36.7 Å². The van der Waals surface area contributed by atoms with Crippen molar-refractivity contribution >= 4 is 52.0 Å². The van der Waals surface area contributed by atoms with Gasteiger partial charge in [0.25, 0.3) is 5.91 Å². The summed E-state index contributed by atoms with van der Waals surface area (Å²) in [6.07, 6.45) is 1.73. The highest BCUT2D eigenvalue weighted by Gasteiger charge is 2.17. The Morgan fingerprint density at radius 3 is 2.23 bits per heavy atom. The first-order chi connectivity index (χ1) is 12.5. The largest absolute Gasteiger partial charge is 0.462 e. The zero-order valence-electron chi connectivity index (χ0n) is 15.6. The van der Waals surface area contributed by atoms with Crippen molar-refractivity contribution in [3.05, 3.63) is 52.8 Å². The summed E-state index contributed by atoms with van der Waals surface area (Å²) < 4.78 is 7.03. The van der Waals surface area contributed by atoms with Crippen molar-refractivity contribution < 1.29 is 9.21 Å². The Morgan fingerprint density at radius 2 is 1.73 bits per heavy atom. The van der Waals surface area contributed by atoms with Crippen LogP contribution in [-0.4, -0.2) is 30.7 Å². The van der Waals surface area contributed by atoms with Gasteiger partial charge in [-0.2, -0.15) is 0 Å². The lowest BCUT2D eigenvalue weighted by molar-refractivity contribution is -0.114. The lowest BCUT2D eigenvalue weighted by Gasteiger charge is -2.23. The van der Waals surface area contributed by atoms with Gasteiger partial charge in [-0.1, -0.05) is 24.0 Å². The standard InChI is InChI=1S/C20H24N2O2S2/c1-5-22(6-2)17-10-8-16(9-11-17)21(4)20(23)19(26-14-25)13-18-12-7-15(3)24-18/h7-14H,5-6H2,1-4H3/b19-13-. The van der Waals surface area contributed by atoms with E-state index in [1.165, 1.54) is 16.5 Å². The highest BCUT2D eigenvalue weighted by atomic mass is 32.2. The molecular formula is C20H24N2O2S2. The molecule has 138 valence electrons. The van der Waals surface area contributed by atoms with Crippen LogP contribution in [0.25, 0.3) is 6.08 Å². The first-order valence-electron chi connectivity index (χ1n) is 8.51. The number of thioether (sulfide) groups is 1. The monoisotopic (exact) mass is 388 g/mol. The van der Waals surface area contributed by atoms with Crippen molar-refractivity contribution in [1.29, 1.82) is 0 Å². The first kappa shape index (κ1) is 20.3. The quantitative estimate of drug-likeness (QED) is 0.463. The van der Waals surface area contributed by atoms with E-state index in [2.05, 4.69) is 18.7 Å². The maximum absolute atomic E-state index is 12.9. The fourth-order valence-corrected chi connectivity index (χ4v) is 3.45. The van der Waals surface area contributed by atoms with E-state index in [9.17, 15) is 4.79 Å². The molecule has 1 amide bonds. The van der Waals surface area contributed by atoms with Crippen LogP contribution in [0.4, 0.5) is 11.4 Å². The lowest BCUT2D eigenvalue weighted by Crippen LogP contribution is -2.27. The summed E-state index contributed by atoms with van der Waals surface area (Å²) >= 11 is 6.15. The number of carbonyl (C=O) groups excluding carboxylic acids is 1. The van der Waals surface area contributed by atoms with Crippen molar-refractivity contribution in [2.24, 2.45) is 0 Å². The van der Waals surface area contributed by atoms with E-state index in [1.807, 2.05) is 43.3 Å². The third kappa shape index (κ3) is 4.99. The second kappa shape index (κ2) is 9.59. The molecule has 0 radical (unpaired) electrons. The Morgan fingerprint density at radius 1 is 1.12 bits per heavy atom. The lowest BCUT2D eigenvalue weighted by atomic mass is 10.2. The minimum Gasteiger partial charge on any atom is -0.462 e. The predicted octanol–water partition coefficient (Wildman–Crippen LogP) is 5.13. The van der Waals surface area contributed by atoms with Crippen LogP contribution in [0.1, 0.15) is 25.4 Å². The van der Waals surface area contributed by atoms with Gasteiger partial charge in [-0.15, -0.1) is 0 Å². The molecule has 2 rings (SSSR count). The Labute approximate surface area is 164 Å². The molecule has 0 bridgehead atoms. The van der Waals surface area contributed by atoms with Crippen molar-refractivity contribution in [3.8, 4) is 0 Å². The summed E-state index contributed by atoms with van der Waals surface area (Å²) in [7, 11) is 1.76. The maximum Gasteiger partial charge on any atom is 0.264 e. The molecule has 1 aromatic carbocycles. The average molecular weight is 389 g/mol. The van der Waals surface area contributed by atoms with Gasteiger partial charge >= 0.3 is 0 Å². The smallest absolute Gasteiger partial charge is 0.264 e. The van der Waals surface area contributed by atoms with Crippen LogP contribution < -0.4 is 9.80 Å².